The summed E-state index contributed by atoms with van der Waals surface area (Å²) in [5, 5.41) is 10.3. The molecule has 1 aromatic heterocycles. The molecule has 1 fully saturated rings. The van der Waals surface area contributed by atoms with Gasteiger partial charge in [0.2, 0.25) is 5.91 Å². The van der Waals surface area contributed by atoms with Gasteiger partial charge in [-0.1, -0.05) is 24.2 Å². The first kappa shape index (κ1) is 20.4. The molecule has 5 rings (SSSR count). The number of carbonyl (C=O) groups excluding carboxylic acids is 1. The van der Waals surface area contributed by atoms with Crippen LogP contribution in [0.1, 0.15) is 0 Å². The Morgan fingerprint density at radius 1 is 1.28 bits per heavy atom. The van der Waals surface area contributed by atoms with Gasteiger partial charge in [0.1, 0.15) is 30.3 Å². The molecule has 2 aromatic carbocycles. The van der Waals surface area contributed by atoms with Crippen molar-refractivity contribution in [2.24, 2.45) is 0 Å². The summed E-state index contributed by atoms with van der Waals surface area (Å²) in [6.07, 6.45) is 2.54. The molecule has 2 aliphatic heterocycles. The van der Waals surface area contributed by atoms with Crippen molar-refractivity contribution in [3.8, 4) is 22.6 Å². The van der Waals surface area contributed by atoms with Gasteiger partial charge in [0, 0.05) is 25.2 Å². The first-order chi connectivity index (χ1) is 15.4. The number of phenolic OH excluding ortho intramolecular Hbond substituents is 1. The highest BCUT2D eigenvalue weighted by atomic mass is 35.5. The molecule has 1 N–H and O–H groups in total. The van der Waals surface area contributed by atoms with Crippen molar-refractivity contribution in [3.63, 3.8) is 0 Å². The number of ether oxygens (including phenoxy) is 1. The van der Waals surface area contributed by atoms with E-state index in [1.165, 1.54) is 24.5 Å². The number of fused-ring (bicyclic) bond motifs is 2. The molecule has 3 heterocycles. The number of hydrogen-bond acceptors (Lipinski definition) is 6. The third-order valence-corrected chi connectivity index (χ3v) is 6.17. The summed E-state index contributed by atoms with van der Waals surface area (Å²) in [5.41, 5.74) is -0.532. The predicted molar refractivity (Wildman–Crippen MR) is 115 cm³/mol. The second kappa shape index (κ2) is 7.59. The molecule has 32 heavy (non-hydrogen) atoms. The van der Waals surface area contributed by atoms with Crippen molar-refractivity contribution in [3.05, 3.63) is 53.8 Å². The fourth-order valence-corrected chi connectivity index (χ4v) is 4.63. The van der Waals surface area contributed by atoms with Gasteiger partial charge in [0.15, 0.2) is 11.6 Å². The Balaban J connectivity index is 1.72. The molecule has 7 nitrogen and oxygen atoms in total. The largest absolute Gasteiger partial charge is 0.507 e. The van der Waals surface area contributed by atoms with Gasteiger partial charge in [-0.3, -0.25) is 4.79 Å². The maximum atomic E-state index is 15.8. The van der Waals surface area contributed by atoms with Gasteiger partial charge >= 0.3 is 0 Å². The van der Waals surface area contributed by atoms with E-state index in [0.29, 0.717) is 25.5 Å². The Kier molecular flexibility index (Phi) is 4.85. The van der Waals surface area contributed by atoms with Crippen LogP contribution in [0.2, 0.25) is 5.02 Å². The molecular weight excluding hydrogens is 442 g/mol. The van der Waals surface area contributed by atoms with Crippen LogP contribution in [-0.2, 0) is 4.79 Å². The Bertz CT molecular complexity index is 1270. The smallest absolute Gasteiger partial charge is 0.246 e. The molecule has 0 saturated carbocycles. The number of hydrogen-bond donors (Lipinski definition) is 1. The third kappa shape index (κ3) is 2.96. The van der Waals surface area contributed by atoms with Crippen LogP contribution in [-0.4, -0.2) is 58.2 Å². The quantitative estimate of drug-likeness (QED) is 0.592. The molecular formula is C22H17ClF2N4O3. The van der Waals surface area contributed by atoms with Gasteiger partial charge in [-0.2, -0.15) is 0 Å². The van der Waals surface area contributed by atoms with Crippen LogP contribution in [0.4, 0.5) is 14.6 Å². The number of aromatic nitrogens is 2. The zero-order valence-corrected chi connectivity index (χ0v) is 17.4. The summed E-state index contributed by atoms with van der Waals surface area (Å²) in [7, 11) is 0. The van der Waals surface area contributed by atoms with E-state index in [1.807, 2.05) is 4.90 Å². The molecule has 1 unspecified atom stereocenters. The summed E-state index contributed by atoms with van der Waals surface area (Å²) in [6.45, 7) is 4.78. The van der Waals surface area contributed by atoms with E-state index in [4.69, 9.17) is 16.3 Å². The molecule has 1 atom stereocenters. The van der Waals surface area contributed by atoms with Crippen molar-refractivity contribution in [1.29, 1.82) is 0 Å². The van der Waals surface area contributed by atoms with Crippen LogP contribution in [0.5, 0.6) is 11.5 Å². The molecule has 1 amide bonds. The van der Waals surface area contributed by atoms with Crippen LogP contribution in [0, 0.1) is 11.6 Å². The van der Waals surface area contributed by atoms with E-state index in [2.05, 4.69) is 16.5 Å². The van der Waals surface area contributed by atoms with Gasteiger partial charge in [-0.05, 0) is 18.2 Å². The molecule has 0 radical (unpaired) electrons. The summed E-state index contributed by atoms with van der Waals surface area (Å²) in [4.78, 5) is 24.2. The molecule has 0 bridgehead atoms. The maximum absolute atomic E-state index is 15.8. The first-order valence-corrected chi connectivity index (χ1v) is 10.2. The minimum atomic E-state index is -0.919. The van der Waals surface area contributed by atoms with Crippen LogP contribution < -0.4 is 9.64 Å². The number of nitrogens with zero attached hydrogens (tertiary/aromatic N) is 4. The van der Waals surface area contributed by atoms with Gasteiger partial charge < -0.3 is 19.6 Å². The zero-order chi connectivity index (χ0) is 22.6. The lowest BCUT2D eigenvalue weighted by Gasteiger charge is -2.40. The van der Waals surface area contributed by atoms with Gasteiger partial charge in [0.25, 0.3) is 0 Å². The van der Waals surface area contributed by atoms with E-state index < -0.39 is 17.4 Å². The molecule has 3 aromatic rings. The minimum Gasteiger partial charge on any atom is -0.507 e. The average Bonchev–Trinajstić information content (AvgIpc) is 2.96. The van der Waals surface area contributed by atoms with Crippen LogP contribution in [0.3, 0.4) is 0 Å². The van der Waals surface area contributed by atoms with Crippen LogP contribution in [0.25, 0.3) is 22.0 Å². The predicted octanol–water partition coefficient (Wildman–Crippen LogP) is 3.53. The summed E-state index contributed by atoms with van der Waals surface area (Å²) in [5.74, 6) is -2.17. The lowest BCUT2D eigenvalue weighted by Crippen LogP contribution is -2.56. The van der Waals surface area contributed by atoms with E-state index in [9.17, 15) is 14.3 Å². The fraction of sp³-hybridized carbons (Fsp3) is 0.227. The van der Waals surface area contributed by atoms with E-state index in [1.54, 1.807) is 4.90 Å². The number of carbonyl (C=O) groups is 1. The number of phenols is 1. The Labute approximate surface area is 186 Å². The van der Waals surface area contributed by atoms with Crippen LogP contribution in [0.15, 0.2) is 37.2 Å². The lowest BCUT2D eigenvalue weighted by atomic mass is 10.00. The number of rotatable bonds is 2. The molecule has 2 aliphatic rings. The summed E-state index contributed by atoms with van der Waals surface area (Å²) >= 11 is 6.52. The number of anilines is 1. The number of halogens is 3. The third-order valence-electron chi connectivity index (χ3n) is 5.80. The van der Waals surface area contributed by atoms with Crippen molar-refractivity contribution in [2.45, 2.75) is 6.04 Å². The first-order valence-electron chi connectivity index (χ1n) is 9.86. The van der Waals surface area contributed by atoms with E-state index in [0.717, 1.165) is 6.07 Å². The van der Waals surface area contributed by atoms with Gasteiger partial charge in [0.05, 0.1) is 27.5 Å². The second-order valence-electron chi connectivity index (χ2n) is 7.53. The highest BCUT2D eigenvalue weighted by Crippen LogP contribution is 2.48. The Morgan fingerprint density at radius 2 is 2.09 bits per heavy atom. The highest BCUT2D eigenvalue weighted by molar-refractivity contribution is 6.38. The fourth-order valence-electron chi connectivity index (χ4n) is 4.31. The summed E-state index contributed by atoms with van der Waals surface area (Å²) < 4.78 is 36.2. The standard InChI is InChI=1S/C22H17ClF2N4O3/c1-2-14(31)28-6-7-29-11(8-28)9-32-21-17-20(26-10-27-22(17)29)18(23)16(19(21)25)15-12(24)4-3-5-13(15)30/h2-5,10-11,30H,1,6-9H2. The Hall–Kier alpha value is -3.46. The number of benzene rings is 2. The molecule has 164 valence electrons. The molecule has 10 heteroatoms. The zero-order valence-electron chi connectivity index (χ0n) is 16.7. The second-order valence-corrected chi connectivity index (χ2v) is 7.91. The van der Waals surface area contributed by atoms with Crippen molar-refractivity contribution in [1.82, 2.24) is 14.9 Å². The minimum absolute atomic E-state index is 0.0492. The van der Waals surface area contributed by atoms with Gasteiger partial charge in [-0.15, -0.1) is 0 Å². The van der Waals surface area contributed by atoms with E-state index in [-0.39, 0.29) is 51.4 Å². The van der Waals surface area contributed by atoms with Gasteiger partial charge in [-0.25, -0.2) is 18.7 Å². The summed E-state index contributed by atoms with van der Waals surface area (Å²) in [6, 6.07) is 3.35. The normalized spacial score (nSPS) is 17.5. The lowest BCUT2D eigenvalue weighted by molar-refractivity contribution is -0.126. The molecule has 1 saturated heterocycles. The number of aromatic hydroxyl groups is 1. The molecule has 0 aliphatic carbocycles. The number of piperazine rings is 1. The average molecular weight is 459 g/mol. The monoisotopic (exact) mass is 458 g/mol. The van der Waals surface area contributed by atoms with Crippen molar-refractivity contribution < 1.29 is 23.4 Å². The number of amides is 1. The van der Waals surface area contributed by atoms with Crippen molar-refractivity contribution in [2.75, 3.05) is 31.1 Å². The topological polar surface area (TPSA) is 78.8 Å². The van der Waals surface area contributed by atoms with Crippen molar-refractivity contribution >= 4 is 34.2 Å². The van der Waals surface area contributed by atoms with Crippen LogP contribution >= 0.6 is 11.6 Å². The Morgan fingerprint density at radius 3 is 2.84 bits per heavy atom. The van der Waals surface area contributed by atoms with E-state index >= 15 is 4.39 Å². The SMILES string of the molecule is C=CC(=O)N1CCN2c3ncnc4c(Cl)c(-c5c(O)cccc5F)c(F)c(c34)OCC2C1. The highest BCUT2D eigenvalue weighted by Gasteiger charge is 2.37. The maximum Gasteiger partial charge on any atom is 0.246 e. The molecule has 0 spiro atoms.